The molecule has 1 aromatic carbocycles. The molecule has 0 aliphatic carbocycles. The number of likely N-dealkylation sites (tertiary alicyclic amines) is 1. The van der Waals surface area contributed by atoms with Gasteiger partial charge in [0.2, 0.25) is 0 Å². The molecule has 0 amide bonds. The summed E-state index contributed by atoms with van der Waals surface area (Å²) in [5.74, 6) is 0.679. The highest BCUT2D eigenvalue weighted by molar-refractivity contribution is 7.91. The highest BCUT2D eigenvalue weighted by atomic mass is 32.2. The summed E-state index contributed by atoms with van der Waals surface area (Å²) in [4.78, 5) is 2.40. The van der Waals surface area contributed by atoms with Gasteiger partial charge in [-0.2, -0.15) is 0 Å². The summed E-state index contributed by atoms with van der Waals surface area (Å²) in [7, 11) is -0.887. The summed E-state index contributed by atoms with van der Waals surface area (Å²) in [5, 5.41) is 3.28. The molecular weight excluding hydrogens is 308 g/mol. The van der Waals surface area contributed by atoms with Gasteiger partial charge in [-0.15, -0.1) is 0 Å². The number of rotatable bonds is 5. The SMILES string of the molecule is CC(C)S(=O)(=O)Cc1cccc(N[C@@H]2C[C@@H](C)N(C)C[C@H]2C)c1. The van der Waals surface area contributed by atoms with E-state index in [4.69, 9.17) is 0 Å². The van der Waals surface area contributed by atoms with E-state index < -0.39 is 9.84 Å². The van der Waals surface area contributed by atoms with Crippen LogP contribution in [0.15, 0.2) is 24.3 Å². The fraction of sp³-hybridized carbons (Fsp3) is 0.667. The van der Waals surface area contributed by atoms with E-state index in [1.165, 1.54) is 0 Å². The second kappa shape index (κ2) is 7.22. The normalized spacial score (nSPS) is 26.4. The number of hydrogen-bond donors (Lipinski definition) is 1. The van der Waals surface area contributed by atoms with E-state index in [0.29, 0.717) is 18.0 Å². The van der Waals surface area contributed by atoms with Crippen molar-refractivity contribution in [1.82, 2.24) is 4.90 Å². The van der Waals surface area contributed by atoms with Gasteiger partial charge in [0.1, 0.15) is 0 Å². The molecule has 0 bridgehead atoms. The summed E-state index contributed by atoms with van der Waals surface area (Å²) in [6.07, 6.45) is 1.10. The minimum atomic E-state index is -3.06. The zero-order valence-electron chi connectivity index (χ0n) is 14.9. The van der Waals surface area contributed by atoms with Crippen LogP contribution in [0.5, 0.6) is 0 Å². The highest BCUT2D eigenvalue weighted by Crippen LogP contribution is 2.25. The van der Waals surface area contributed by atoms with Gasteiger partial charge in [0.05, 0.1) is 11.0 Å². The van der Waals surface area contributed by atoms with Gasteiger partial charge in [-0.3, -0.25) is 0 Å². The average molecular weight is 339 g/mol. The van der Waals surface area contributed by atoms with Crippen molar-refractivity contribution in [2.45, 2.75) is 57.2 Å². The molecule has 0 spiro atoms. The molecule has 0 unspecified atom stereocenters. The maximum atomic E-state index is 12.1. The number of nitrogens with zero attached hydrogens (tertiary/aromatic N) is 1. The van der Waals surface area contributed by atoms with Gasteiger partial charge in [-0.05, 0) is 57.9 Å². The molecule has 1 N–H and O–H groups in total. The molecule has 23 heavy (non-hydrogen) atoms. The first-order valence-corrected chi connectivity index (χ1v) is 10.2. The zero-order chi connectivity index (χ0) is 17.2. The Morgan fingerprint density at radius 1 is 1.30 bits per heavy atom. The van der Waals surface area contributed by atoms with Crippen molar-refractivity contribution in [3.63, 3.8) is 0 Å². The average Bonchev–Trinajstić information content (AvgIpc) is 2.44. The fourth-order valence-electron chi connectivity index (χ4n) is 3.11. The molecule has 130 valence electrons. The lowest BCUT2D eigenvalue weighted by atomic mass is 9.89. The van der Waals surface area contributed by atoms with Crippen molar-refractivity contribution in [2.24, 2.45) is 5.92 Å². The number of piperidine rings is 1. The standard InChI is InChI=1S/C18H30N2O2S/c1-13(2)23(21,22)12-16-7-6-8-17(10-16)19-18-9-15(4)20(5)11-14(18)3/h6-8,10,13-15,18-19H,9,11-12H2,1-5H3/t14-,15-,18-/m1/s1. The lowest BCUT2D eigenvalue weighted by Crippen LogP contribution is -2.48. The first-order valence-electron chi connectivity index (χ1n) is 8.46. The molecule has 0 radical (unpaired) electrons. The number of benzene rings is 1. The van der Waals surface area contributed by atoms with Crippen LogP contribution in [-0.2, 0) is 15.6 Å². The van der Waals surface area contributed by atoms with Crippen molar-refractivity contribution in [3.8, 4) is 0 Å². The molecule has 5 heteroatoms. The van der Waals surface area contributed by atoms with E-state index in [1.54, 1.807) is 13.8 Å². The first-order chi connectivity index (χ1) is 10.7. The lowest BCUT2D eigenvalue weighted by Gasteiger charge is -2.40. The monoisotopic (exact) mass is 338 g/mol. The molecule has 1 aromatic rings. The van der Waals surface area contributed by atoms with Crippen LogP contribution in [0.25, 0.3) is 0 Å². The third kappa shape index (κ3) is 4.70. The van der Waals surface area contributed by atoms with Crippen LogP contribution in [0.1, 0.15) is 39.7 Å². The predicted octanol–water partition coefficient (Wildman–Crippen LogP) is 3.15. The Morgan fingerprint density at radius 3 is 2.65 bits per heavy atom. The van der Waals surface area contributed by atoms with Gasteiger partial charge in [-0.1, -0.05) is 19.1 Å². The van der Waals surface area contributed by atoms with Crippen molar-refractivity contribution < 1.29 is 8.42 Å². The lowest BCUT2D eigenvalue weighted by molar-refractivity contribution is 0.145. The summed E-state index contributed by atoms with van der Waals surface area (Å²) in [6.45, 7) is 9.08. The summed E-state index contributed by atoms with van der Waals surface area (Å²) in [5.41, 5.74) is 1.88. The van der Waals surface area contributed by atoms with Crippen molar-refractivity contribution >= 4 is 15.5 Å². The van der Waals surface area contributed by atoms with E-state index in [2.05, 4.69) is 31.1 Å². The summed E-state index contributed by atoms with van der Waals surface area (Å²) in [6, 6.07) is 8.84. The van der Waals surface area contributed by atoms with Crippen LogP contribution in [-0.4, -0.2) is 44.2 Å². The van der Waals surface area contributed by atoms with Gasteiger partial charge in [-0.25, -0.2) is 8.42 Å². The molecule has 1 saturated heterocycles. The van der Waals surface area contributed by atoms with Crippen LogP contribution < -0.4 is 5.32 Å². The van der Waals surface area contributed by atoms with E-state index in [-0.39, 0.29) is 11.0 Å². The van der Waals surface area contributed by atoms with Crippen molar-refractivity contribution in [2.75, 3.05) is 18.9 Å². The Kier molecular flexibility index (Phi) is 5.74. The van der Waals surface area contributed by atoms with E-state index in [1.807, 2.05) is 24.3 Å². The Labute approximate surface area is 141 Å². The Bertz CT molecular complexity index is 628. The number of anilines is 1. The van der Waals surface area contributed by atoms with Crippen LogP contribution in [0.3, 0.4) is 0 Å². The molecule has 1 aliphatic rings. The van der Waals surface area contributed by atoms with Crippen molar-refractivity contribution in [3.05, 3.63) is 29.8 Å². The first kappa shape index (κ1) is 18.3. The Balaban J connectivity index is 2.08. The van der Waals surface area contributed by atoms with Crippen molar-refractivity contribution in [1.29, 1.82) is 0 Å². The van der Waals surface area contributed by atoms with E-state index in [9.17, 15) is 8.42 Å². The summed E-state index contributed by atoms with van der Waals surface area (Å²) < 4.78 is 24.2. The highest BCUT2D eigenvalue weighted by Gasteiger charge is 2.28. The van der Waals surface area contributed by atoms with Gasteiger partial charge in [0, 0.05) is 24.3 Å². The van der Waals surface area contributed by atoms with Crippen LogP contribution in [0.4, 0.5) is 5.69 Å². The minimum Gasteiger partial charge on any atom is -0.382 e. The number of nitrogens with one attached hydrogen (secondary N) is 1. The molecule has 1 heterocycles. The second-order valence-electron chi connectivity index (χ2n) is 7.31. The largest absolute Gasteiger partial charge is 0.382 e. The smallest absolute Gasteiger partial charge is 0.156 e. The molecule has 2 rings (SSSR count). The van der Waals surface area contributed by atoms with Gasteiger partial charge in [0.25, 0.3) is 0 Å². The van der Waals surface area contributed by atoms with Crippen LogP contribution in [0, 0.1) is 5.92 Å². The topological polar surface area (TPSA) is 49.4 Å². The minimum absolute atomic E-state index is 0.111. The molecule has 3 atom stereocenters. The molecule has 4 nitrogen and oxygen atoms in total. The van der Waals surface area contributed by atoms with Gasteiger partial charge >= 0.3 is 0 Å². The molecule has 0 aromatic heterocycles. The molecule has 0 saturated carbocycles. The maximum absolute atomic E-state index is 12.1. The third-order valence-corrected chi connectivity index (χ3v) is 7.15. The number of sulfone groups is 1. The molecule has 1 fully saturated rings. The van der Waals surface area contributed by atoms with Gasteiger partial charge in [0.15, 0.2) is 9.84 Å². The van der Waals surface area contributed by atoms with Crippen LogP contribution >= 0.6 is 0 Å². The second-order valence-corrected chi connectivity index (χ2v) is 9.87. The maximum Gasteiger partial charge on any atom is 0.156 e. The van der Waals surface area contributed by atoms with Crippen LogP contribution in [0.2, 0.25) is 0 Å². The summed E-state index contributed by atoms with van der Waals surface area (Å²) >= 11 is 0. The van der Waals surface area contributed by atoms with E-state index >= 15 is 0 Å². The van der Waals surface area contributed by atoms with E-state index in [0.717, 1.165) is 24.2 Å². The molecular formula is C18H30N2O2S. The van der Waals surface area contributed by atoms with Gasteiger partial charge < -0.3 is 10.2 Å². The molecule has 1 aliphatic heterocycles. The third-order valence-electron chi connectivity index (χ3n) is 4.98. The fourth-order valence-corrected chi connectivity index (χ4v) is 4.08. The quantitative estimate of drug-likeness (QED) is 0.896. The number of hydrogen-bond acceptors (Lipinski definition) is 4. The predicted molar refractivity (Wildman–Crippen MR) is 97.5 cm³/mol. The Morgan fingerprint density at radius 2 is 2.00 bits per heavy atom. The Hall–Kier alpha value is -1.07. The zero-order valence-corrected chi connectivity index (χ0v) is 15.7.